The highest BCUT2D eigenvalue weighted by molar-refractivity contribution is 6.04. The maximum Gasteiger partial charge on any atom is 0.268 e. The molecule has 0 saturated carbocycles. The van der Waals surface area contributed by atoms with Crippen LogP contribution < -0.4 is 5.32 Å². The number of hydrogen-bond donors (Lipinski definition) is 2. The average Bonchev–Trinajstić information content (AvgIpc) is 2.90. The van der Waals surface area contributed by atoms with Crippen molar-refractivity contribution in [1.29, 1.82) is 0 Å². The third-order valence-electron chi connectivity index (χ3n) is 5.62. The minimum Gasteiger partial charge on any atom is -0.373 e. The Kier molecular flexibility index (Phi) is 5.26. The Morgan fingerprint density at radius 1 is 1.27 bits per heavy atom. The van der Waals surface area contributed by atoms with Crippen LogP contribution in [0.1, 0.15) is 72.6 Å². The molecule has 0 bridgehead atoms. The van der Waals surface area contributed by atoms with E-state index in [1.54, 1.807) is 0 Å². The van der Waals surface area contributed by atoms with E-state index < -0.39 is 0 Å². The van der Waals surface area contributed by atoms with Crippen molar-refractivity contribution in [2.45, 2.75) is 71.6 Å². The van der Waals surface area contributed by atoms with Crippen LogP contribution in [-0.4, -0.2) is 59.0 Å². The molecule has 0 radical (unpaired) electrons. The molecule has 1 aromatic heterocycles. The molecule has 1 saturated heterocycles. The Bertz CT molecular complexity index is 697. The van der Waals surface area contributed by atoms with Gasteiger partial charge in [0.05, 0.1) is 12.2 Å². The molecule has 2 N–H and O–H groups in total. The number of rotatable bonds is 4. The summed E-state index contributed by atoms with van der Waals surface area (Å²) < 4.78 is 5.81. The summed E-state index contributed by atoms with van der Waals surface area (Å²) in [7, 11) is 0. The Morgan fingerprint density at radius 2 is 1.92 bits per heavy atom. The van der Waals surface area contributed by atoms with Crippen LogP contribution in [-0.2, 0) is 11.2 Å². The molecule has 6 heteroatoms. The van der Waals surface area contributed by atoms with Gasteiger partial charge in [-0.15, -0.1) is 0 Å². The largest absolute Gasteiger partial charge is 0.373 e. The van der Waals surface area contributed by atoms with E-state index in [1.165, 1.54) is 0 Å². The van der Waals surface area contributed by atoms with Crippen LogP contribution in [0.15, 0.2) is 0 Å². The predicted molar refractivity (Wildman–Crippen MR) is 101 cm³/mol. The maximum atomic E-state index is 12.8. The van der Waals surface area contributed by atoms with Gasteiger partial charge in [0.1, 0.15) is 5.69 Å². The fourth-order valence-electron chi connectivity index (χ4n) is 4.17. The van der Waals surface area contributed by atoms with Crippen LogP contribution in [0.5, 0.6) is 0 Å². The van der Waals surface area contributed by atoms with E-state index in [4.69, 9.17) is 4.74 Å². The van der Waals surface area contributed by atoms with Gasteiger partial charge < -0.3 is 15.0 Å². The summed E-state index contributed by atoms with van der Waals surface area (Å²) in [5, 5.41) is 3.07. The Balaban J connectivity index is 1.68. The van der Waals surface area contributed by atoms with E-state index in [2.05, 4.69) is 42.9 Å². The van der Waals surface area contributed by atoms with Crippen LogP contribution in [0.3, 0.4) is 0 Å². The SMILES string of the molecule is Cc1c(C(=O)NCC(C)(C)N2CC(C)OC(C)C2)[nH]c2c1C(=O)CCC2. The first-order valence-electron chi connectivity index (χ1n) is 9.62. The molecule has 1 aliphatic carbocycles. The number of fused-ring (bicyclic) bond motifs is 1. The number of nitrogens with zero attached hydrogens (tertiary/aromatic N) is 1. The molecule has 1 fully saturated rings. The predicted octanol–water partition coefficient (Wildman–Crippen LogP) is 2.46. The zero-order valence-electron chi connectivity index (χ0n) is 16.6. The molecular weight excluding hydrogens is 330 g/mol. The molecule has 0 spiro atoms. The number of Topliss-reactive ketones (excluding diaryl/α,β-unsaturated/α-hetero) is 1. The maximum absolute atomic E-state index is 12.8. The summed E-state index contributed by atoms with van der Waals surface area (Å²) in [6, 6.07) is 0. The monoisotopic (exact) mass is 361 g/mol. The Hall–Kier alpha value is -1.66. The van der Waals surface area contributed by atoms with Crippen molar-refractivity contribution >= 4 is 11.7 Å². The van der Waals surface area contributed by atoms with E-state index in [0.717, 1.165) is 42.8 Å². The van der Waals surface area contributed by atoms with E-state index in [0.29, 0.717) is 18.7 Å². The molecule has 1 aromatic rings. The molecule has 2 atom stereocenters. The number of hydrogen-bond acceptors (Lipinski definition) is 4. The summed E-state index contributed by atoms with van der Waals surface area (Å²) in [6.45, 7) is 12.6. The number of aryl methyl sites for hydroxylation is 1. The van der Waals surface area contributed by atoms with Crippen molar-refractivity contribution in [3.8, 4) is 0 Å². The van der Waals surface area contributed by atoms with E-state index in [1.807, 2.05) is 6.92 Å². The minimum atomic E-state index is -0.169. The van der Waals surface area contributed by atoms with E-state index >= 15 is 0 Å². The number of aromatic nitrogens is 1. The van der Waals surface area contributed by atoms with Gasteiger partial charge >= 0.3 is 0 Å². The average molecular weight is 361 g/mol. The molecule has 2 heterocycles. The molecule has 2 unspecified atom stereocenters. The molecule has 0 aromatic carbocycles. The molecule has 6 nitrogen and oxygen atoms in total. The number of nitrogens with one attached hydrogen (secondary N) is 2. The third-order valence-corrected chi connectivity index (χ3v) is 5.62. The zero-order chi connectivity index (χ0) is 19.1. The van der Waals surface area contributed by atoms with Gasteiger partial charge in [-0.05, 0) is 53.0 Å². The number of H-pyrrole nitrogens is 1. The summed E-state index contributed by atoms with van der Waals surface area (Å²) in [5.41, 5.74) is 2.80. The summed E-state index contributed by atoms with van der Waals surface area (Å²) in [4.78, 5) is 30.5. The van der Waals surface area contributed by atoms with Crippen molar-refractivity contribution in [2.75, 3.05) is 19.6 Å². The minimum absolute atomic E-state index is 0.132. The summed E-state index contributed by atoms with van der Waals surface area (Å²) in [6.07, 6.45) is 2.65. The van der Waals surface area contributed by atoms with Gasteiger partial charge in [-0.2, -0.15) is 0 Å². The van der Waals surface area contributed by atoms with Gasteiger partial charge in [-0.3, -0.25) is 14.5 Å². The van der Waals surface area contributed by atoms with Crippen LogP contribution >= 0.6 is 0 Å². The van der Waals surface area contributed by atoms with Crippen LogP contribution in [0, 0.1) is 6.92 Å². The Labute approximate surface area is 155 Å². The van der Waals surface area contributed by atoms with Gasteiger partial charge in [0.15, 0.2) is 5.78 Å². The lowest BCUT2D eigenvalue weighted by Gasteiger charge is -2.45. The molecule has 1 amide bonds. The first kappa shape index (κ1) is 19.1. The number of amides is 1. The highest BCUT2D eigenvalue weighted by atomic mass is 16.5. The normalized spacial score (nSPS) is 24.4. The summed E-state index contributed by atoms with van der Waals surface area (Å²) in [5.74, 6) is 0.0165. The highest BCUT2D eigenvalue weighted by Gasteiger charge is 2.34. The quantitative estimate of drug-likeness (QED) is 0.864. The highest BCUT2D eigenvalue weighted by Crippen LogP contribution is 2.27. The molecule has 1 aliphatic heterocycles. The zero-order valence-corrected chi connectivity index (χ0v) is 16.6. The molecule has 144 valence electrons. The van der Waals surface area contributed by atoms with Crippen molar-refractivity contribution in [3.05, 3.63) is 22.5 Å². The second-order valence-corrected chi connectivity index (χ2v) is 8.41. The lowest BCUT2D eigenvalue weighted by molar-refractivity contribution is -0.0948. The fraction of sp³-hybridized carbons (Fsp3) is 0.700. The van der Waals surface area contributed by atoms with Gasteiger partial charge in [0.2, 0.25) is 0 Å². The van der Waals surface area contributed by atoms with Crippen LogP contribution in [0.2, 0.25) is 0 Å². The van der Waals surface area contributed by atoms with Crippen LogP contribution in [0.4, 0.5) is 0 Å². The van der Waals surface area contributed by atoms with Gasteiger partial charge in [0.25, 0.3) is 5.91 Å². The lowest BCUT2D eigenvalue weighted by atomic mass is 9.93. The number of carbonyl (C=O) groups excluding carboxylic acids is 2. The van der Waals surface area contributed by atoms with Gasteiger partial charge in [0, 0.05) is 42.9 Å². The van der Waals surface area contributed by atoms with Crippen molar-refractivity contribution in [1.82, 2.24) is 15.2 Å². The first-order chi connectivity index (χ1) is 12.2. The third kappa shape index (κ3) is 3.71. The standard InChI is InChI=1S/C20H31N3O3/c1-12-9-23(10-13(2)26-12)20(4,5)11-21-19(25)18-14(3)17-15(22-18)7-6-8-16(17)24/h12-13,22H,6-11H2,1-5H3,(H,21,25). The fourth-order valence-corrected chi connectivity index (χ4v) is 4.17. The molecule has 2 aliphatic rings. The van der Waals surface area contributed by atoms with E-state index in [9.17, 15) is 9.59 Å². The van der Waals surface area contributed by atoms with Gasteiger partial charge in [-0.25, -0.2) is 0 Å². The topological polar surface area (TPSA) is 74.4 Å². The number of ether oxygens (including phenoxy) is 1. The molecule has 26 heavy (non-hydrogen) atoms. The summed E-state index contributed by atoms with van der Waals surface area (Å²) >= 11 is 0. The van der Waals surface area contributed by atoms with E-state index in [-0.39, 0.29) is 29.4 Å². The number of carbonyl (C=O) groups is 2. The first-order valence-corrected chi connectivity index (χ1v) is 9.62. The number of morpholine rings is 1. The van der Waals surface area contributed by atoms with Crippen molar-refractivity contribution in [3.63, 3.8) is 0 Å². The lowest BCUT2D eigenvalue weighted by Crippen LogP contribution is -2.58. The molecular formula is C20H31N3O3. The van der Waals surface area contributed by atoms with Gasteiger partial charge in [-0.1, -0.05) is 0 Å². The number of ketones is 1. The second kappa shape index (κ2) is 7.16. The van der Waals surface area contributed by atoms with Crippen molar-refractivity contribution < 1.29 is 14.3 Å². The van der Waals surface area contributed by atoms with Crippen LogP contribution in [0.25, 0.3) is 0 Å². The molecule has 3 rings (SSSR count). The second-order valence-electron chi connectivity index (χ2n) is 8.41. The Morgan fingerprint density at radius 3 is 2.54 bits per heavy atom. The van der Waals surface area contributed by atoms with Crippen molar-refractivity contribution in [2.24, 2.45) is 0 Å². The number of aromatic amines is 1. The smallest absolute Gasteiger partial charge is 0.268 e.